The van der Waals surface area contributed by atoms with Crippen LogP contribution in [0.4, 0.5) is 0 Å². The minimum absolute atomic E-state index is 0.0936. The van der Waals surface area contributed by atoms with Crippen molar-refractivity contribution < 1.29 is 10.2 Å². The zero-order chi connectivity index (χ0) is 14.0. The van der Waals surface area contributed by atoms with Crippen LogP contribution in [0.25, 0.3) is 0 Å². The zero-order valence-electron chi connectivity index (χ0n) is 11.7. The maximum Gasteiger partial charge on any atom is 0.124 e. The van der Waals surface area contributed by atoms with Gasteiger partial charge in [0.05, 0.1) is 0 Å². The molecule has 4 heteroatoms. The van der Waals surface area contributed by atoms with E-state index in [-0.39, 0.29) is 17.5 Å². The maximum absolute atomic E-state index is 9.99. The quantitative estimate of drug-likeness (QED) is 0.783. The molecule has 0 amide bonds. The van der Waals surface area contributed by atoms with E-state index in [0.717, 1.165) is 18.5 Å². The van der Waals surface area contributed by atoms with Crippen molar-refractivity contribution in [3.63, 3.8) is 0 Å². The molecule has 1 saturated heterocycles. The summed E-state index contributed by atoms with van der Waals surface area (Å²) < 4.78 is 0. The van der Waals surface area contributed by atoms with Gasteiger partial charge >= 0.3 is 0 Å². The minimum atomic E-state index is 0.0936. The van der Waals surface area contributed by atoms with Gasteiger partial charge in [-0.25, -0.2) is 0 Å². The molecule has 4 N–H and O–H groups in total. The number of likely N-dealkylation sites (tertiary alicyclic amines) is 1. The Bertz CT molecular complexity index is 436. The molecule has 0 saturated carbocycles. The van der Waals surface area contributed by atoms with E-state index in [1.807, 2.05) is 0 Å². The number of rotatable bonds is 3. The highest BCUT2D eigenvalue weighted by molar-refractivity contribution is 5.40. The van der Waals surface area contributed by atoms with Gasteiger partial charge in [-0.05, 0) is 38.3 Å². The van der Waals surface area contributed by atoms with E-state index < -0.39 is 0 Å². The van der Waals surface area contributed by atoms with Crippen molar-refractivity contribution >= 4 is 0 Å². The third kappa shape index (κ3) is 3.01. The van der Waals surface area contributed by atoms with Gasteiger partial charge in [-0.2, -0.15) is 0 Å². The lowest BCUT2D eigenvalue weighted by Crippen LogP contribution is -2.47. The minimum Gasteiger partial charge on any atom is -0.508 e. The highest BCUT2D eigenvalue weighted by Crippen LogP contribution is 2.35. The van der Waals surface area contributed by atoms with E-state index in [9.17, 15) is 10.2 Å². The van der Waals surface area contributed by atoms with Crippen molar-refractivity contribution in [1.82, 2.24) is 4.90 Å². The zero-order valence-corrected chi connectivity index (χ0v) is 11.7. The number of nitrogens with two attached hydrogens (primary N) is 1. The van der Waals surface area contributed by atoms with Gasteiger partial charge in [0.15, 0.2) is 0 Å². The largest absolute Gasteiger partial charge is 0.508 e. The highest BCUT2D eigenvalue weighted by Gasteiger charge is 2.30. The Balaban J connectivity index is 2.20. The van der Waals surface area contributed by atoms with Crippen molar-refractivity contribution in [1.29, 1.82) is 0 Å². The summed E-state index contributed by atoms with van der Waals surface area (Å²) >= 11 is 0. The van der Waals surface area contributed by atoms with E-state index >= 15 is 0 Å². The lowest BCUT2D eigenvalue weighted by atomic mass is 9.90. The van der Waals surface area contributed by atoms with Gasteiger partial charge in [-0.3, -0.25) is 4.90 Å². The van der Waals surface area contributed by atoms with Crippen LogP contribution in [0.3, 0.4) is 0 Å². The molecule has 1 fully saturated rings. The van der Waals surface area contributed by atoms with Crippen LogP contribution < -0.4 is 5.73 Å². The molecule has 1 aliphatic heterocycles. The molecule has 1 aliphatic rings. The van der Waals surface area contributed by atoms with Gasteiger partial charge < -0.3 is 15.9 Å². The molecule has 0 aliphatic carbocycles. The summed E-state index contributed by atoms with van der Waals surface area (Å²) in [5.74, 6) is 0.961. The van der Waals surface area contributed by atoms with Crippen LogP contribution in [-0.4, -0.2) is 34.2 Å². The summed E-state index contributed by atoms with van der Waals surface area (Å²) in [4.78, 5) is 2.37. The molecule has 0 spiro atoms. The van der Waals surface area contributed by atoms with E-state index in [1.165, 1.54) is 12.5 Å². The first-order chi connectivity index (χ1) is 9.02. The number of nitrogens with zero attached hydrogens (tertiary/aromatic N) is 1. The maximum atomic E-state index is 9.99. The van der Waals surface area contributed by atoms with Crippen LogP contribution in [0.15, 0.2) is 18.2 Å². The first-order valence-electron chi connectivity index (χ1n) is 7.00. The number of phenolic OH excluding ortho intramolecular Hbond substituents is 2. The Labute approximate surface area is 114 Å². The van der Waals surface area contributed by atoms with Gasteiger partial charge in [0, 0.05) is 30.3 Å². The second-order valence-electron chi connectivity index (χ2n) is 5.68. The summed E-state index contributed by atoms with van der Waals surface area (Å²) in [7, 11) is 0. The molecular weight excluding hydrogens is 240 g/mol. The van der Waals surface area contributed by atoms with Gasteiger partial charge in [0.1, 0.15) is 11.5 Å². The molecule has 106 valence electrons. The molecule has 3 atom stereocenters. The van der Waals surface area contributed by atoms with Gasteiger partial charge in [0.25, 0.3) is 0 Å². The average Bonchev–Trinajstić information content (AvgIpc) is 2.37. The monoisotopic (exact) mass is 264 g/mol. The van der Waals surface area contributed by atoms with Crippen LogP contribution in [0.2, 0.25) is 0 Å². The van der Waals surface area contributed by atoms with E-state index in [4.69, 9.17) is 5.73 Å². The molecule has 1 aromatic carbocycles. The van der Waals surface area contributed by atoms with E-state index in [2.05, 4.69) is 18.7 Å². The van der Waals surface area contributed by atoms with Crippen molar-refractivity contribution in [3.05, 3.63) is 23.8 Å². The summed E-state index contributed by atoms with van der Waals surface area (Å²) in [5.41, 5.74) is 6.74. The number of benzene rings is 1. The van der Waals surface area contributed by atoms with Crippen LogP contribution >= 0.6 is 0 Å². The Morgan fingerprint density at radius 1 is 1.42 bits per heavy atom. The third-order valence-corrected chi connectivity index (χ3v) is 4.26. The topological polar surface area (TPSA) is 69.7 Å². The summed E-state index contributed by atoms with van der Waals surface area (Å²) in [6, 6.07) is 5.29. The van der Waals surface area contributed by atoms with Crippen LogP contribution in [-0.2, 0) is 0 Å². The van der Waals surface area contributed by atoms with E-state index in [0.29, 0.717) is 18.5 Å². The molecule has 0 aromatic heterocycles. The van der Waals surface area contributed by atoms with Crippen LogP contribution in [0, 0.1) is 5.92 Å². The van der Waals surface area contributed by atoms with E-state index in [1.54, 1.807) is 12.1 Å². The van der Waals surface area contributed by atoms with Gasteiger partial charge in [-0.15, -0.1) is 0 Å². The highest BCUT2D eigenvalue weighted by atomic mass is 16.3. The Morgan fingerprint density at radius 3 is 2.79 bits per heavy atom. The molecule has 4 nitrogen and oxygen atoms in total. The molecule has 19 heavy (non-hydrogen) atoms. The summed E-state index contributed by atoms with van der Waals surface area (Å²) in [5, 5.41) is 19.4. The van der Waals surface area contributed by atoms with Crippen molar-refractivity contribution in [2.75, 3.05) is 13.1 Å². The second-order valence-corrected chi connectivity index (χ2v) is 5.68. The second kappa shape index (κ2) is 5.80. The number of aromatic hydroxyl groups is 2. The number of phenols is 2. The average molecular weight is 264 g/mol. The number of hydrogen-bond acceptors (Lipinski definition) is 4. The van der Waals surface area contributed by atoms with Crippen LogP contribution in [0.5, 0.6) is 11.5 Å². The molecule has 3 unspecified atom stereocenters. The first kappa shape index (κ1) is 14.2. The molecule has 0 radical (unpaired) electrons. The molecular formula is C15H24N2O2. The third-order valence-electron chi connectivity index (χ3n) is 4.26. The van der Waals surface area contributed by atoms with Crippen LogP contribution in [0.1, 0.15) is 38.3 Å². The smallest absolute Gasteiger partial charge is 0.124 e. The molecule has 2 rings (SSSR count). The normalized spacial score (nSPS) is 26.3. The fourth-order valence-electron chi connectivity index (χ4n) is 3.08. The number of piperidine rings is 1. The first-order valence-corrected chi connectivity index (χ1v) is 7.00. The van der Waals surface area contributed by atoms with Gasteiger partial charge in [-0.1, -0.05) is 13.0 Å². The van der Waals surface area contributed by atoms with Crippen molar-refractivity contribution in [2.45, 2.75) is 38.8 Å². The van der Waals surface area contributed by atoms with Gasteiger partial charge in [0.2, 0.25) is 0 Å². The van der Waals surface area contributed by atoms with Crippen molar-refractivity contribution in [3.8, 4) is 11.5 Å². The molecule has 1 aromatic rings. The molecule has 1 heterocycles. The predicted molar refractivity (Wildman–Crippen MR) is 76.1 cm³/mol. The van der Waals surface area contributed by atoms with Crippen molar-refractivity contribution in [2.24, 2.45) is 11.7 Å². The SMILES string of the molecule is CC1CCN(C(C)c2ccc(O)cc2O)C(CN)C1. The fraction of sp³-hybridized carbons (Fsp3) is 0.600. The summed E-state index contributed by atoms with van der Waals surface area (Å²) in [6.45, 7) is 6.01. The molecule has 0 bridgehead atoms. The lowest BCUT2D eigenvalue weighted by molar-refractivity contribution is 0.0823. The Kier molecular flexibility index (Phi) is 4.32. The fourth-order valence-corrected chi connectivity index (χ4v) is 3.08. The number of hydrogen-bond donors (Lipinski definition) is 3. The Morgan fingerprint density at radius 2 is 2.16 bits per heavy atom. The Hall–Kier alpha value is -1.26. The standard InChI is InChI=1S/C15H24N2O2/c1-10-5-6-17(12(7-10)9-16)11(2)14-4-3-13(18)8-15(14)19/h3-4,8,10-12,18-19H,5-7,9,16H2,1-2H3. The lowest BCUT2D eigenvalue weighted by Gasteiger charge is -2.42. The summed E-state index contributed by atoms with van der Waals surface area (Å²) in [6.07, 6.45) is 2.28. The predicted octanol–water partition coefficient (Wildman–Crippen LogP) is 2.22.